The zero-order valence-electron chi connectivity index (χ0n) is 8.77. The van der Waals surface area contributed by atoms with Crippen LogP contribution in [0.1, 0.15) is 24.2 Å². The van der Waals surface area contributed by atoms with Crippen molar-refractivity contribution in [2.24, 2.45) is 0 Å². The first-order valence-electron chi connectivity index (χ1n) is 5.36. The van der Waals surface area contributed by atoms with Crippen molar-refractivity contribution in [1.29, 1.82) is 0 Å². The number of hydrogen-bond donors (Lipinski definition) is 1. The van der Waals surface area contributed by atoms with E-state index in [-0.39, 0.29) is 0 Å². The molecule has 1 N–H and O–H groups in total. The Morgan fingerprint density at radius 1 is 1.47 bits per heavy atom. The van der Waals surface area contributed by atoms with Gasteiger partial charge in [0, 0.05) is 12.2 Å². The van der Waals surface area contributed by atoms with Crippen molar-refractivity contribution in [3.63, 3.8) is 0 Å². The number of aryl methyl sites for hydroxylation is 1. The molecule has 0 aliphatic heterocycles. The van der Waals surface area contributed by atoms with Gasteiger partial charge in [0.05, 0.1) is 6.54 Å². The molecule has 2 heterocycles. The summed E-state index contributed by atoms with van der Waals surface area (Å²) in [6.45, 7) is 2.84. The molecule has 1 fully saturated rings. The minimum absolute atomic E-state index is 0.707. The van der Waals surface area contributed by atoms with E-state index in [1.54, 1.807) is 0 Å². The Balaban J connectivity index is 1.84. The van der Waals surface area contributed by atoms with Gasteiger partial charge in [-0.05, 0) is 31.4 Å². The van der Waals surface area contributed by atoms with E-state index < -0.39 is 0 Å². The van der Waals surface area contributed by atoms with E-state index in [0.29, 0.717) is 6.04 Å². The zero-order chi connectivity index (χ0) is 10.3. The largest absolute Gasteiger partial charge is 0.307 e. The Hall–Kier alpha value is -1.42. The van der Waals surface area contributed by atoms with Crippen molar-refractivity contribution in [1.82, 2.24) is 19.9 Å². The van der Waals surface area contributed by atoms with Crippen molar-refractivity contribution in [3.05, 3.63) is 29.7 Å². The highest BCUT2D eigenvalue weighted by molar-refractivity contribution is 5.38. The standard InChI is InChI=1S/C11H14N4/c1-8-2-5-11-13-10(14-15(11)7-8)6-12-9-3-4-9/h2,5,7,9,12H,3-4,6H2,1H3. The minimum atomic E-state index is 0.707. The highest BCUT2D eigenvalue weighted by Gasteiger charge is 2.20. The van der Waals surface area contributed by atoms with Gasteiger partial charge >= 0.3 is 0 Å². The molecule has 78 valence electrons. The molecule has 2 aromatic rings. The summed E-state index contributed by atoms with van der Waals surface area (Å²) in [5.41, 5.74) is 2.13. The third-order valence-corrected chi connectivity index (χ3v) is 2.65. The molecule has 0 amide bonds. The Bertz CT molecular complexity index is 484. The van der Waals surface area contributed by atoms with Crippen LogP contribution in [0.2, 0.25) is 0 Å². The summed E-state index contributed by atoms with van der Waals surface area (Å²) < 4.78 is 1.85. The number of nitrogens with zero attached hydrogens (tertiary/aromatic N) is 3. The monoisotopic (exact) mass is 202 g/mol. The first kappa shape index (κ1) is 8.85. The topological polar surface area (TPSA) is 42.2 Å². The van der Waals surface area contributed by atoms with Crippen LogP contribution in [0.5, 0.6) is 0 Å². The maximum atomic E-state index is 4.44. The third-order valence-electron chi connectivity index (χ3n) is 2.65. The zero-order valence-corrected chi connectivity index (χ0v) is 8.77. The molecule has 2 aromatic heterocycles. The molecule has 3 rings (SSSR count). The molecule has 1 aliphatic carbocycles. The molecule has 0 radical (unpaired) electrons. The summed E-state index contributed by atoms with van der Waals surface area (Å²) in [5, 5.41) is 7.83. The second kappa shape index (κ2) is 3.31. The molecule has 4 heteroatoms. The van der Waals surface area contributed by atoms with E-state index in [9.17, 15) is 0 Å². The first-order valence-corrected chi connectivity index (χ1v) is 5.36. The van der Waals surface area contributed by atoms with Gasteiger partial charge in [-0.25, -0.2) is 9.50 Å². The van der Waals surface area contributed by atoms with Crippen molar-refractivity contribution < 1.29 is 0 Å². The number of hydrogen-bond acceptors (Lipinski definition) is 3. The average Bonchev–Trinajstić information content (AvgIpc) is 2.95. The van der Waals surface area contributed by atoms with Crippen LogP contribution in [0.4, 0.5) is 0 Å². The molecule has 15 heavy (non-hydrogen) atoms. The molecule has 0 atom stereocenters. The maximum Gasteiger partial charge on any atom is 0.165 e. The van der Waals surface area contributed by atoms with Crippen LogP contribution in [0.15, 0.2) is 18.3 Å². The van der Waals surface area contributed by atoms with Crippen molar-refractivity contribution in [2.45, 2.75) is 32.4 Å². The van der Waals surface area contributed by atoms with Crippen LogP contribution in [0.25, 0.3) is 5.65 Å². The van der Waals surface area contributed by atoms with E-state index in [2.05, 4.69) is 28.4 Å². The van der Waals surface area contributed by atoms with E-state index >= 15 is 0 Å². The van der Waals surface area contributed by atoms with Gasteiger partial charge in [-0.15, -0.1) is 5.10 Å². The van der Waals surface area contributed by atoms with Gasteiger partial charge in [0.15, 0.2) is 11.5 Å². The SMILES string of the molecule is Cc1ccc2nc(CNC3CC3)nn2c1. The molecule has 0 saturated heterocycles. The minimum Gasteiger partial charge on any atom is -0.307 e. The number of fused-ring (bicyclic) bond motifs is 1. The van der Waals surface area contributed by atoms with Crippen LogP contribution in [0, 0.1) is 6.92 Å². The van der Waals surface area contributed by atoms with Gasteiger partial charge in [0.25, 0.3) is 0 Å². The lowest BCUT2D eigenvalue weighted by Crippen LogP contribution is -2.16. The predicted molar refractivity (Wildman–Crippen MR) is 57.6 cm³/mol. The Kier molecular flexibility index (Phi) is 1.95. The number of nitrogens with one attached hydrogen (secondary N) is 1. The number of aromatic nitrogens is 3. The average molecular weight is 202 g/mol. The lowest BCUT2D eigenvalue weighted by Gasteiger charge is -1.95. The van der Waals surface area contributed by atoms with Crippen LogP contribution in [-0.2, 0) is 6.54 Å². The summed E-state index contributed by atoms with van der Waals surface area (Å²) >= 11 is 0. The Morgan fingerprint density at radius 2 is 2.33 bits per heavy atom. The second-order valence-electron chi connectivity index (χ2n) is 4.19. The van der Waals surface area contributed by atoms with Crippen molar-refractivity contribution in [2.75, 3.05) is 0 Å². The lowest BCUT2D eigenvalue weighted by atomic mass is 10.3. The van der Waals surface area contributed by atoms with Crippen LogP contribution in [-0.4, -0.2) is 20.6 Å². The lowest BCUT2D eigenvalue weighted by molar-refractivity contribution is 0.656. The quantitative estimate of drug-likeness (QED) is 0.815. The second-order valence-corrected chi connectivity index (χ2v) is 4.19. The van der Waals surface area contributed by atoms with E-state index in [1.165, 1.54) is 18.4 Å². The van der Waals surface area contributed by atoms with Gasteiger partial charge in [0.1, 0.15) is 0 Å². The maximum absolute atomic E-state index is 4.44. The molecular formula is C11H14N4. The summed E-state index contributed by atoms with van der Waals surface area (Å²) in [6.07, 6.45) is 4.60. The molecule has 0 aromatic carbocycles. The van der Waals surface area contributed by atoms with Crippen molar-refractivity contribution in [3.8, 4) is 0 Å². The van der Waals surface area contributed by atoms with Gasteiger partial charge in [-0.2, -0.15) is 0 Å². The Labute approximate surface area is 88.3 Å². The van der Waals surface area contributed by atoms with Gasteiger partial charge < -0.3 is 5.32 Å². The fourth-order valence-corrected chi connectivity index (χ4v) is 1.63. The first-order chi connectivity index (χ1) is 7.31. The molecule has 0 unspecified atom stereocenters. The van der Waals surface area contributed by atoms with Gasteiger partial charge in [-0.3, -0.25) is 0 Å². The summed E-state index contributed by atoms with van der Waals surface area (Å²) in [7, 11) is 0. The van der Waals surface area contributed by atoms with Crippen LogP contribution < -0.4 is 5.32 Å². The van der Waals surface area contributed by atoms with Gasteiger partial charge in [0.2, 0.25) is 0 Å². The van der Waals surface area contributed by atoms with Crippen LogP contribution in [0.3, 0.4) is 0 Å². The highest BCUT2D eigenvalue weighted by atomic mass is 15.3. The van der Waals surface area contributed by atoms with E-state index in [0.717, 1.165) is 18.0 Å². The smallest absolute Gasteiger partial charge is 0.165 e. The summed E-state index contributed by atoms with van der Waals surface area (Å²) in [5.74, 6) is 0.882. The summed E-state index contributed by atoms with van der Waals surface area (Å²) in [6, 6.07) is 4.77. The number of rotatable bonds is 3. The van der Waals surface area contributed by atoms with Crippen molar-refractivity contribution >= 4 is 5.65 Å². The normalized spacial score (nSPS) is 16.1. The Morgan fingerprint density at radius 3 is 3.13 bits per heavy atom. The van der Waals surface area contributed by atoms with Gasteiger partial charge in [-0.1, -0.05) is 6.07 Å². The molecule has 0 spiro atoms. The molecule has 1 aliphatic rings. The van der Waals surface area contributed by atoms with Crippen LogP contribution >= 0.6 is 0 Å². The molecular weight excluding hydrogens is 188 g/mol. The fraction of sp³-hybridized carbons (Fsp3) is 0.455. The molecule has 0 bridgehead atoms. The number of pyridine rings is 1. The molecule has 4 nitrogen and oxygen atoms in total. The van der Waals surface area contributed by atoms with E-state index in [4.69, 9.17) is 0 Å². The third kappa shape index (κ3) is 1.85. The highest BCUT2D eigenvalue weighted by Crippen LogP contribution is 2.18. The fourth-order valence-electron chi connectivity index (χ4n) is 1.63. The van der Waals surface area contributed by atoms with E-state index in [1.807, 2.05) is 16.8 Å². The predicted octanol–water partition coefficient (Wildman–Crippen LogP) is 1.29. The molecule has 1 saturated carbocycles. The summed E-state index contributed by atoms with van der Waals surface area (Å²) in [4.78, 5) is 4.44.